The van der Waals surface area contributed by atoms with Crippen molar-refractivity contribution < 1.29 is 4.79 Å². The lowest BCUT2D eigenvalue weighted by Crippen LogP contribution is -2.35. The Bertz CT molecular complexity index is 272. The first kappa shape index (κ1) is 11.2. The van der Waals surface area contributed by atoms with E-state index in [0.29, 0.717) is 0 Å². The first-order valence-corrected chi connectivity index (χ1v) is 5.77. The monoisotopic (exact) mass is 212 g/mol. The third kappa shape index (κ3) is 3.47. The van der Waals surface area contributed by atoms with Gasteiger partial charge >= 0.3 is 0 Å². The molecule has 0 aromatic carbocycles. The Labute approximate surface area is 88.3 Å². The lowest BCUT2D eigenvalue weighted by molar-refractivity contribution is -0.117. The van der Waals surface area contributed by atoms with E-state index in [-0.39, 0.29) is 11.9 Å². The van der Waals surface area contributed by atoms with Gasteiger partial charge in [-0.15, -0.1) is 0 Å². The summed E-state index contributed by atoms with van der Waals surface area (Å²) < 4.78 is 0. The lowest BCUT2D eigenvalue weighted by Gasteiger charge is -2.10. The maximum absolute atomic E-state index is 11.5. The number of unbranched alkanes of at least 4 members (excludes halogenated alkanes) is 1. The molecular formula is C10H16N2OS. The number of nitrogens with one attached hydrogen (secondary N) is 1. The van der Waals surface area contributed by atoms with Crippen molar-refractivity contribution in [3.63, 3.8) is 0 Å². The van der Waals surface area contributed by atoms with Gasteiger partial charge in [0, 0.05) is 5.38 Å². The average Bonchev–Trinajstić information content (AvgIpc) is 2.66. The summed E-state index contributed by atoms with van der Waals surface area (Å²) in [5.74, 6) is -0.0862. The molecule has 1 amide bonds. The van der Waals surface area contributed by atoms with Crippen molar-refractivity contribution in [2.75, 3.05) is 5.32 Å². The first-order chi connectivity index (χ1) is 6.74. The predicted molar refractivity (Wildman–Crippen MR) is 60.4 cm³/mol. The van der Waals surface area contributed by atoms with Gasteiger partial charge in [-0.3, -0.25) is 4.79 Å². The van der Waals surface area contributed by atoms with Gasteiger partial charge in [0.05, 0.1) is 11.7 Å². The molecule has 1 rings (SSSR count). The fourth-order valence-electron chi connectivity index (χ4n) is 1.13. The maximum atomic E-state index is 11.5. The fourth-order valence-corrected chi connectivity index (χ4v) is 1.71. The second-order valence-electron chi connectivity index (χ2n) is 3.25. The quantitative estimate of drug-likeness (QED) is 0.786. The van der Waals surface area contributed by atoms with E-state index >= 15 is 0 Å². The fraction of sp³-hybridized carbons (Fsp3) is 0.500. The Morgan fingerprint density at radius 1 is 1.71 bits per heavy atom. The largest absolute Gasteiger partial charge is 0.324 e. The molecule has 1 aromatic rings. The third-order valence-corrected chi connectivity index (χ3v) is 2.68. The third-order valence-electron chi connectivity index (χ3n) is 1.99. The molecule has 4 heteroatoms. The van der Waals surface area contributed by atoms with E-state index in [1.807, 2.05) is 16.8 Å². The van der Waals surface area contributed by atoms with Gasteiger partial charge in [0.15, 0.2) is 0 Å². The van der Waals surface area contributed by atoms with Gasteiger partial charge in [0.1, 0.15) is 0 Å². The standard InChI is InChI=1S/C10H16N2OS/c1-2-3-4-9(11)10(13)12-8-5-6-14-7-8/h5-7,9H,2-4,11H2,1H3,(H,12,13). The summed E-state index contributed by atoms with van der Waals surface area (Å²) in [6.07, 6.45) is 2.82. The molecule has 3 nitrogen and oxygen atoms in total. The summed E-state index contributed by atoms with van der Waals surface area (Å²) in [6.45, 7) is 2.09. The Kier molecular flexibility index (Phi) is 4.62. The summed E-state index contributed by atoms with van der Waals surface area (Å²) in [5.41, 5.74) is 6.55. The van der Waals surface area contributed by atoms with E-state index < -0.39 is 0 Å². The summed E-state index contributed by atoms with van der Waals surface area (Å²) in [4.78, 5) is 11.5. The Hall–Kier alpha value is -0.870. The molecule has 0 bridgehead atoms. The van der Waals surface area contributed by atoms with Gasteiger partial charge in [0.25, 0.3) is 0 Å². The predicted octanol–water partition coefficient (Wildman–Crippen LogP) is 2.20. The Morgan fingerprint density at radius 2 is 2.50 bits per heavy atom. The molecule has 1 heterocycles. The molecule has 78 valence electrons. The van der Waals surface area contributed by atoms with E-state index in [4.69, 9.17) is 5.73 Å². The number of hydrogen-bond donors (Lipinski definition) is 2. The second kappa shape index (κ2) is 5.78. The minimum atomic E-state index is -0.380. The van der Waals surface area contributed by atoms with Gasteiger partial charge < -0.3 is 11.1 Å². The van der Waals surface area contributed by atoms with Gasteiger partial charge in [-0.2, -0.15) is 11.3 Å². The van der Waals surface area contributed by atoms with Crippen molar-refractivity contribution in [2.45, 2.75) is 32.2 Å². The molecule has 0 aliphatic heterocycles. The SMILES string of the molecule is CCCCC(N)C(=O)Nc1ccsc1. The van der Waals surface area contributed by atoms with Crippen LogP contribution >= 0.6 is 11.3 Å². The number of rotatable bonds is 5. The molecule has 0 spiro atoms. The van der Waals surface area contributed by atoms with Crippen LogP contribution in [0.15, 0.2) is 16.8 Å². The number of amides is 1. The van der Waals surface area contributed by atoms with Crippen LogP contribution in [0.3, 0.4) is 0 Å². The molecule has 0 aliphatic rings. The highest BCUT2D eigenvalue weighted by molar-refractivity contribution is 7.08. The van der Waals surface area contributed by atoms with Crippen LogP contribution in [0, 0.1) is 0 Å². The zero-order valence-electron chi connectivity index (χ0n) is 8.32. The molecule has 1 atom stereocenters. The van der Waals surface area contributed by atoms with Crippen molar-refractivity contribution in [1.29, 1.82) is 0 Å². The van der Waals surface area contributed by atoms with Crippen molar-refractivity contribution in [3.05, 3.63) is 16.8 Å². The van der Waals surface area contributed by atoms with Crippen molar-refractivity contribution in [2.24, 2.45) is 5.73 Å². The first-order valence-electron chi connectivity index (χ1n) is 4.82. The number of hydrogen-bond acceptors (Lipinski definition) is 3. The molecule has 1 unspecified atom stereocenters. The van der Waals surface area contributed by atoms with Crippen LogP contribution in [-0.4, -0.2) is 11.9 Å². The number of nitrogens with two attached hydrogens (primary N) is 1. The van der Waals surface area contributed by atoms with Crippen LogP contribution in [0.4, 0.5) is 5.69 Å². The highest BCUT2D eigenvalue weighted by Gasteiger charge is 2.12. The molecule has 0 aliphatic carbocycles. The topological polar surface area (TPSA) is 55.1 Å². The number of thiophene rings is 1. The number of carbonyl (C=O) groups excluding carboxylic acids is 1. The van der Waals surface area contributed by atoms with E-state index in [9.17, 15) is 4.79 Å². The minimum Gasteiger partial charge on any atom is -0.324 e. The molecule has 14 heavy (non-hydrogen) atoms. The Balaban J connectivity index is 2.34. The van der Waals surface area contributed by atoms with Gasteiger partial charge in [-0.1, -0.05) is 19.8 Å². The minimum absolute atomic E-state index is 0.0862. The van der Waals surface area contributed by atoms with E-state index in [1.54, 1.807) is 11.3 Å². The molecule has 0 saturated heterocycles. The van der Waals surface area contributed by atoms with Crippen LogP contribution < -0.4 is 11.1 Å². The maximum Gasteiger partial charge on any atom is 0.241 e. The van der Waals surface area contributed by atoms with Crippen LogP contribution in [0.2, 0.25) is 0 Å². The molecule has 0 saturated carbocycles. The van der Waals surface area contributed by atoms with Crippen LogP contribution in [0.5, 0.6) is 0 Å². The summed E-state index contributed by atoms with van der Waals surface area (Å²) in [5, 5.41) is 6.59. The van der Waals surface area contributed by atoms with Crippen LogP contribution in [0.25, 0.3) is 0 Å². The number of carbonyl (C=O) groups is 1. The normalized spacial score (nSPS) is 12.4. The Morgan fingerprint density at radius 3 is 3.07 bits per heavy atom. The smallest absolute Gasteiger partial charge is 0.241 e. The van der Waals surface area contributed by atoms with E-state index in [1.165, 1.54) is 0 Å². The van der Waals surface area contributed by atoms with Crippen molar-refractivity contribution in [1.82, 2.24) is 0 Å². The van der Waals surface area contributed by atoms with E-state index in [0.717, 1.165) is 24.9 Å². The second-order valence-corrected chi connectivity index (χ2v) is 4.03. The molecule has 3 N–H and O–H groups in total. The van der Waals surface area contributed by atoms with Gasteiger partial charge in [0.2, 0.25) is 5.91 Å². The lowest BCUT2D eigenvalue weighted by atomic mass is 10.1. The zero-order chi connectivity index (χ0) is 10.4. The number of anilines is 1. The van der Waals surface area contributed by atoms with Crippen LogP contribution in [0.1, 0.15) is 26.2 Å². The van der Waals surface area contributed by atoms with Gasteiger partial charge in [-0.25, -0.2) is 0 Å². The van der Waals surface area contributed by atoms with Crippen molar-refractivity contribution >= 4 is 22.9 Å². The van der Waals surface area contributed by atoms with Crippen molar-refractivity contribution in [3.8, 4) is 0 Å². The molecule has 0 radical (unpaired) electrons. The summed E-state index contributed by atoms with van der Waals surface area (Å²) >= 11 is 1.56. The summed E-state index contributed by atoms with van der Waals surface area (Å²) in [7, 11) is 0. The molecular weight excluding hydrogens is 196 g/mol. The highest BCUT2D eigenvalue weighted by Crippen LogP contribution is 2.12. The summed E-state index contributed by atoms with van der Waals surface area (Å²) in [6, 6.07) is 1.49. The van der Waals surface area contributed by atoms with E-state index in [2.05, 4.69) is 12.2 Å². The average molecular weight is 212 g/mol. The zero-order valence-corrected chi connectivity index (χ0v) is 9.14. The highest BCUT2D eigenvalue weighted by atomic mass is 32.1. The van der Waals surface area contributed by atoms with Crippen LogP contribution in [-0.2, 0) is 4.79 Å². The molecule has 1 aromatic heterocycles. The van der Waals surface area contributed by atoms with Gasteiger partial charge in [-0.05, 0) is 17.9 Å². The molecule has 0 fully saturated rings.